The first kappa shape index (κ1) is 28.3. The molecule has 10 nitrogen and oxygen atoms in total. The van der Waals surface area contributed by atoms with Gasteiger partial charge in [-0.1, -0.05) is 56.3 Å². The Kier molecular flexibility index (Phi) is 10.4. The molecule has 0 saturated heterocycles. The number of amides is 3. The Hall–Kier alpha value is -3.92. The van der Waals surface area contributed by atoms with E-state index in [0.29, 0.717) is 5.56 Å². The predicted molar refractivity (Wildman–Crippen MR) is 134 cm³/mol. The number of rotatable bonds is 12. The molecule has 3 amide bonds. The van der Waals surface area contributed by atoms with E-state index in [1.807, 2.05) is 30.3 Å². The highest BCUT2D eigenvalue weighted by Gasteiger charge is 2.31. The SMILES string of the molecule is CC(NC(=O)C(Cc1ccc(O)cc1)NC(=O)C(NC(=O)C(N)Cc1ccccc1)C(C)C)C(=O)O. The molecule has 0 aliphatic carbocycles. The van der Waals surface area contributed by atoms with Crippen molar-refractivity contribution in [3.8, 4) is 5.75 Å². The zero-order valence-corrected chi connectivity index (χ0v) is 20.6. The Bertz CT molecular complexity index is 1040. The molecule has 10 heteroatoms. The lowest BCUT2D eigenvalue weighted by molar-refractivity contribution is -0.141. The Balaban J connectivity index is 2.15. The van der Waals surface area contributed by atoms with Crippen LogP contribution in [0.25, 0.3) is 0 Å². The standard InChI is InChI=1S/C26H34N4O6/c1-15(2)22(30-23(32)20(27)13-17-7-5-4-6-8-17)25(34)29-21(24(33)28-16(3)26(35)36)14-18-9-11-19(31)12-10-18/h4-12,15-16,20-22,31H,13-14,27H2,1-3H3,(H,28,33)(H,29,34)(H,30,32)(H,35,36). The monoisotopic (exact) mass is 498 g/mol. The average molecular weight is 499 g/mol. The number of carbonyl (C=O) groups is 4. The molecule has 0 radical (unpaired) electrons. The van der Waals surface area contributed by atoms with Gasteiger partial charge in [0.1, 0.15) is 23.9 Å². The fraction of sp³-hybridized carbons (Fsp3) is 0.385. The molecule has 0 aliphatic heterocycles. The van der Waals surface area contributed by atoms with Gasteiger partial charge in [0, 0.05) is 6.42 Å². The molecular formula is C26H34N4O6. The quantitative estimate of drug-likeness (QED) is 0.250. The first-order valence-corrected chi connectivity index (χ1v) is 11.7. The van der Waals surface area contributed by atoms with Gasteiger partial charge in [0.2, 0.25) is 17.7 Å². The maximum Gasteiger partial charge on any atom is 0.325 e. The van der Waals surface area contributed by atoms with Crippen molar-refractivity contribution in [2.75, 3.05) is 0 Å². The summed E-state index contributed by atoms with van der Waals surface area (Å²) in [5, 5.41) is 26.3. The van der Waals surface area contributed by atoms with Crippen molar-refractivity contribution >= 4 is 23.7 Å². The van der Waals surface area contributed by atoms with Crippen LogP contribution in [0.3, 0.4) is 0 Å². The lowest BCUT2D eigenvalue weighted by Crippen LogP contribution is -2.58. The second kappa shape index (κ2) is 13.2. The van der Waals surface area contributed by atoms with E-state index >= 15 is 0 Å². The van der Waals surface area contributed by atoms with Crippen LogP contribution < -0.4 is 21.7 Å². The molecule has 4 unspecified atom stereocenters. The van der Waals surface area contributed by atoms with Crippen molar-refractivity contribution < 1.29 is 29.4 Å². The summed E-state index contributed by atoms with van der Waals surface area (Å²) in [4.78, 5) is 50.0. The molecule has 0 aromatic heterocycles. The maximum absolute atomic E-state index is 13.2. The minimum Gasteiger partial charge on any atom is -0.508 e. The third-order valence-corrected chi connectivity index (χ3v) is 5.62. The van der Waals surface area contributed by atoms with Crippen LogP contribution in [0.5, 0.6) is 5.75 Å². The van der Waals surface area contributed by atoms with E-state index in [9.17, 15) is 24.3 Å². The normalized spacial score (nSPS) is 14.2. The first-order valence-electron chi connectivity index (χ1n) is 11.7. The van der Waals surface area contributed by atoms with E-state index in [1.54, 1.807) is 26.0 Å². The van der Waals surface area contributed by atoms with Crippen LogP contribution in [0.1, 0.15) is 31.9 Å². The number of benzene rings is 2. The summed E-state index contributed by atoms with van der Waals surface area (Å²) in [5.74, 6) is -3.32. The summed E-state index contributed by atoms with van der Waals surface area (Å²) in [6, 6.07) is 11.1. The van der Waals surface area contributed by atoms with Crippen molar-refractivity contribution in [2.24, 2.45) is 11.7 Å². The topological polar surface area (TPSA) is 171 Å². The Morgan fingerprint density at radius 3 is 1.92 bits per heavy atom. The van der Waals surface area contributed by atoms with Gasteiger partial charge in [0.15, 0.2) is 0 Å². The highest BCUT2D eigenvalue weighted by Crippen LogP contribution is 2.12. The van der Waals surface area contributed by atoms with Crippen LogP contribution in [0.2, 0.25) is 0 Å². The molecule has 0 aliphatic rings. The van der Waals surface area contributed by atoms with Gasteiger partial charge in [-0.25, -0.2) is 0 Å². The number of carboxylic acids is 1. The van der Waals surface area contributed by atoms with Gasteiger partial charge in [-0.2, -0.15) is 0 Å². The molecule has 0 fully saturated rings. The molecule has 2 aromatic carbocycles. The predicted octanol–water partition coefficient (Wildman–Crippen LogP) is 0.720. The fourth-order valence-corrected chi connectivity index (χ4v) is 3.47. The van der Waals surface area contributed by atoms with Gasteiger partial charge in [-0.3, -0.25) is 19.2 Å². The molecule has 4 atom stereocenters. The molecule has 0 heterocycles. The highest BCUT2D eigenvalue weighted by atomic mass is 16.4. The second-order valence-corrected chi connectivity index (χ2v) is 9.03. The number of nitrogens with one attached hydrogen (secondary N) is 3. The van der Waals surface area contributed by atoms with Gasteiger partial charge in [-0.15, -0.1) is 0 Å². The van der Waals surface area contributed by atoms with Crippen molar-refractivity contribution in [2.45, 2.75) is 57.8 Å². The molecule has 194 valence electrons. The summed E-state index contributed by atoms with van der Waals surface area (Å²) in [6.07, 6.45) is 0.328. The third-order valence-electron chi connectivity index (χ3n) is 5.62. The van der Waals surface area contributed by atoms with E-state index in [1.165, 1.54) is 19.1 Å². The third kappa shape index (κ3) is 8.70. The lowest BCUT2D eigenvalue weighted by Gasteiger charge is -2.27. The fourth-order valence-electron chi connectivity index (χ4n) is 3.47. The lowest BCUT2D eigenvalue weighted by atomic mass is 9.99. The maximum atomic E-state index is 13.2. The van der Waals surface area contributed by atoms with Crippen LogP contribution in [0.15, 0.2) is 54.6 Å². The zero-order chi connectivity index (χ0) is 26.8. The van der Waals surface area contributed by atoms with Gasteiger partial charge in [0.05, 0.1) is 6.04 Å². The number of carbonyl (C=O) groups excluding carboxylic acids is 3. The van der Waals surface area contributed by atoms with E-state index in [4.69, 9.17) is 10.8 Å². The van der Waals surface area contributed by atoms with Crippen LogP contribution in [0.4, 0.5) is 0 Å². The summed E-state index contributed by atoms with van der Waals surface area (Å²) in [6.45, 7) is 4.80. The van der Waals surface area contributed by atoms with Gasteiger partial charge in [-0.05, 0) is 42.5 Å². The number of phenols is 1. The minimum atomic E-state index is -1.22. The number of phenolic OH excluding ortho intramolecular Hbond substituents is 1. The van der Waals surface area contributed by atoms with Crippen LogP contribution in [-0.2, 0) is 32.0 Å². The first-order chi connectivity index (χ1) is 17.0. The summed E-state index contributed by atoms with van der Waals surface area (Å²) in [7, 11) is 0. The van der Waals surface area contributed by atoms with Gasteiger partial charge in [0.25, 0.3) is 0 Å². The summed E-state index contributed by atoms with van der Waals surface area (Å²) < 4.78 is 0. The zero-order valence-electron chi connectivity index (χ0n) is 20.6. The van der Waals surface area contributed by atoms with Gasteiger partial charge < -0.3 is 31.9 Å². The van der Waals surface area contributed by atoms with Crippen molar-refractivity contribution in [1.82, 2.24) is 16.0 Å². The number of aliphatic carboxylic acids is 1. The number of hydrogen-bond donors (Lipinski definition) is 6. The molecule has 0 bridgehead atoms. The highest BCUT2D eigenvalue weighted by molar-refractivity contribution is 5.94. The van der Waals surface area contributed by atoms with E-state index in [2.05, 4.69) is 16.0 Å². The molecule has 36 heavy (non-hydrogen) atoms. The number of aromatic hydroxyl groups is 1. The number of nitrogens with two attached hydrogens (primary N) is 1. The Morgan fingerprint density at radius 1 is 0.778 bits per heavy atom. The minimum absolute atomic E-state index is 0.0382. The van der Waals surface area contributed by atoms with Crippen molar-refractivity contribution in [3.05, 3.63) is 65.7 Å². The van der Waals surface area contributed by atoms with Crippen LogP contribution in [-0.4, -0.2) is 58.1 Å². The Labute approximate surface area is 210 Å². The summed E-state index contributed by atoms with van der Waals surface area (Å²) >= 11 is 0. The second-order valence-electron chi connectivity index (χ2n) is 9.03. The molecule has 7 N–H and O–H groups in total. The van der Waals surface area contributed by atoms with Crippen molar-refractivity contribution in [1.29, 1.82) is 0 Å². The Morgan fingerprint density at radius 2 is 1.36 bits per heavy atom. The van der Waals surface area contributed by atoms with Crippen LogP contribution in [0, 0.1) is 5.92 Å². The van der Waals surface area contributed by atoms with Gasteiger partial charge >= 0.3 is 5.97 Å². The number of carboxylic acid groups (broad SMARTS) is 1. The summed E-state index contributed by atoms with van der Waals surface area (Å²) in [5.41, 5.74) is 7.57. The van der Waals surface area contributed by atoms with Crippen LogP contribution >= 0.6 is 0 Å². The van der Waals surface area contributed by atoms with E-state index in [-0.39, 0.29) is 24.5 Å². The number of hydrogen-bond acceptors (Lipinski definition) is 6. The molecular weight excluding hydrogens is 464 g/mol. The smallest absolute Gasteiger partial charge is 0.325 e. The largest absolute Gasteiger partial charge is 0.508 e. The van der Waals surface area contributed by atoms with E-state index in [0.717, 1.165) is 5.56 Å². The average Bonchev–Trinajstić information content (AvgIpc) is 2.83. The van der Waals surface area contributed by atoms with Crippen molar-refractivity contribution in [3.63, 3.8) is 0 Å². The molecule has 2 rings (SSSR count). The molecule has 2 aromatic rings. The molecule has 0 spiro atoms. The van der Waals surface area contributed by atoms with E-state index < -0.39 is 47.9 Å². The molecule has 0 saturated carbocycles.